The lowest BCUT2D eigenvalue weighted by Gasteiger charge is -2.43. The smallest absolute Gasteiger partial charge is 0.345 e. The predicted octanol–water partition coefficient (Wildman–Crippen LogP) is 1.89. The average molecular weight is 408 g/mol. The number of rotatable bonds is 4. The lowest BCUT2D eigenvalue weighted by molar-refractivity contribution is -0.122. The second-order valence-corrected chi connectivity index (χ2v) is 7.92. The predicted molar refractivity (Wildman–Crippen MR) is 102 cm³/mol. The molecule has 1 fully saturated rings. The van der Waals surface area contributed by atoms with E-state index in [1.165, 1.54) is 16.2 Å². The Morgan fingerprint density at radius 1 is 1.46 bits per heavy atom. The minimum atomic E-state index is -0.843. The molecule has 3 N–H and O–H groups in total. The minimum Gasteiger partial charge on any atom is -0.483 e. The second-order valence-electron chi connectivity index (χ2n) is 6.78. The standard InChI is InChI=1S/C17H22N4O3S.CH2O2/c1-2-14-18-15(20-19-14)10-21-6-4-17(5-7-21)11-9-13(16(22)23)25-12(11)3-8-24-17;2-1-3/h9H,2-8,10H2,1H3,(H,22,23)(H,18,19,20);1H,(H,2,3). The molecule has 0 unspecified atom stereocenters. The molecule has 1 saturated heterocycles. The normalized spacial score (nSPS) is 18.2. The summed E-state index contributed by atoms with van der Waals surface area (Å²) >= 11 is 1.40. The first-order valence-corrected chi connectivity index (χ1v) is 10.0. The summed E-state index contributed by atoms with van der Waals surface area (Å²) < 4.78 is 6.20. The fraction of sp³-hybridized carbons (Fsp3) is 0.556. The summed E-state index contributed by atoms with van der Waals surface area (Å²) in [5.74, 6) is 0.911. The topological polar surface area (TPSA) is 129 Å². The van der Waals surface area contributed by atoms with Crippen molar-refractivity contribution in [2.45, 2.75) is 44.8 Å². The molecular weight excluding hydrogens is 384 g/mol. The number of hydrogen-bond donors (Lipinski definition) is 3. The Bertz CT molecular complexity index is 826. The van der Waals surface area contributed by atoms with Gasteiger partial charge in [-0.25, -0.2) is 9.78 Å². The van der Waals surface area contributed by atoms with Gasteiger partial charge in [0.25, 0.3) is 6.47 Å². The summed E-state index contributed by atoms with van der Waals surface area (Å²) in [5, 5.41) is 23.4. The van der Waals surface area contributed by atoms with E-state index >= 15 is 0 Å². The number of aromatic carboxylic acids is 1. The summed E-state index contributed by atoms with van der Waals surface area (Å²) in [5.41, 5.74) is 0.790. The number of fused-ring (bicyclic) bond motifs is 2. The molecule has 2 aliphatic heterocycles. The number of hydrogen-bond acceptors (Lipinski definition) is 7. The number of aromatic nitrogens is 3. The molecule has 9 nitrogen and oxygen atoms in total. The third kappa shape index (κ3) is 4.23. The highest BCUT2D eigenvalue weighted by Crippen LogP contribution is 2.44. The molecule has 1 spiro atoms. The van der Waals surface area contributed by atoms with Crippen LogP contribution in [-0.4, -0.2) is 62.4 Å². The van der Waals surface area contributed by atoms with Crippen LogP contribution in [0.2, 0.25) is 0 Å². The van der Waals surface area contributed by atoms with Gasteiger partial charge in [-0.15, -0.1) is 11.3 Å². The molecule has 4 rings (SSSR count). The molecule has 152 valence electrons. The van der Waals surface area contributed by atoms with Crippen molar-refractivity contribution < 1.29 is 24.5 Å². The van der Waals surface area contributed by atoms with E-state index < -0.39 is 5.97 Å². The van der Waals surface area contributed by atoms with Gasteiger partial charge in [0.05, 0.1) is 18.8 Å². The number of piperidine rings is 1. The largest absolute Gasteiger partial charge is 0.483 e. The number of carboxylic acids is 1. The van der Waals surface area contributed by atoms with Crippen LogP contribution in [0.15, 0.2) is 6.07 Å². The van der Waals surface area contributed by atoms with E-state index in [-0.39, 0.29) is 12.1 Å². The second kappa shape index (κ2) is 8.80. The number of carboxylic acid groups (broad SMARTS) is 2. The van der Waals surface area contributed by atoms with Crippen molar-refractivity contribution in [1.82, 2.24) is 20.1 Å². The Kier molecular flexibility index (Phi) is 6.42. The van der Waals surface area contributed by atoms with Crippen LogP contribution in [0.4, 0.5) is 0 Å². The number of ether oxygens (including phenoxy) is 1. The summed E-state index contributed by atoms with van der Waals surface area (Å²) in [6.45, 7) is 5.04. The molecular formula is C18H24N4O5S. The maximum Gasteiger partial charge on any atom is 0.345 e. The first-order chi connectivity index (χ1) is 13.5. The number of carbonyl (C=O) groups is 2. The lowest BCUT2D eigenvalue weighted by Crippen LogP contribution is -2.46. The summed E-state index contributed by atoms with van der Waals surface area (Å²) in [7, 11) is 0. The molecule has 2 aliphatic rings. The zero-order chi connectivity index (χ0) is 20.1. The fourth-order valence-corrected chi connectivity index (χ4v) is 4.85. The van der Waals surface area contributed by atoms with Gasteiger partial charge in [-0.1, -0.05) is 6.92 Å². The summed E-state index contributed by atoms with van der Waals surface area (Å²) in [6, 6.07) is 1.83. The van der Waals surface area contributed by atoms with Crippen molar-refractivity contribution in [3.8, 4) is 0 Å². The number of thiophene rings is 1. The van der Waals surface area contributed by atoms with E-state index in [1.807, 2.05) is 13.0 Å². The Labute approximate surface area is 166 Å². The van der Waals surface area contributed by atoms with Gasteiger partial charge < -0.3 is 14.9 Å². The van der Waals surface area contributed by atoms with Crippen LogP contribution in [0.5, 0.6) is 0 Å². The molecule has 0 radical (unpaired) electrons. The maximum atomic E-state index is 11.3. The highest BCUT2D eigenvalue weighted by atomic mass is 32.1. The monoisotopic (exact) mass is 408 g/mol. The third-order valence-electron chi connectivity index (χ3n) is 5.15. The number of H-pyrrole nitrogens is 1. The van der Waals surface area contributed by atoms with Crippen LogP contribution in [0.3, 0.4) is 0 Å². The van der Waals surface area contributed by atoms with Crippen LogP contribution < -0.4 is 0 Å². The third-order valence-corrected chi connectivity index (χ3v) is 6.33. The summed E-state index contributed by atoms with van der Waals surface area (Å²) in [4.78, 5) is 28.1. The van der Waals surface area contributed by atoms with Crippen molar-refractivity contribution in [2.75, 3.05) is 19.7 Å². The van der Waals surface area contributed by atoms with Crippen molar-refractivity contribution >= 4 is 23.8 Å². The Morgan fingerprint density at radius 2 is 2.18 bits per heavy atom. The molecule has 10 heteroatoms. The number of nitrogens with one attached hydrogen (secondary N) is 1. The Hall–Kier alpha value is -2.30. The molecule has 4 heterocycles. The Balaban J connectivity index is 0.000000706. The number of nitrogens with zero attached hydrogens (tertiary/aromatic N) is 3. The van der Waals surface area contributed by atoms with Gasteiger partial charge in [-0.05, 0) is 24.5 Å². The van der Waals surface area contributed by atoms with Crippen molar-refractivity contribution in [1.29, 1.82) is 0 Å². The number of likely N-dealkylation sites (tertiary alicyclic amines) is 1. The quantitative estimate of drug-likeness (QED) is 0.654. The van der Waals surface area contributed by atoms with E-state index in [2.05, 4.69) is 20.1 Å². The molecule has 0 bridgehead atoms. The van der Waals surface area contributed by atoms with E-state index in [4.69, 9.17) is 14.6 Å². The zero-order valence-electron chi connectivity index (χ0n) is 15.7. The van der Waals surface area contributed by atoms with Crippen LogP contribution >= 0.6 is 11.3 Å². The van der Waals surface area contributed by atoms with Crippen molar-refractivity contribution in [3.05, 3.63) is 33.0 Å². The van der Waals surface area contributed by atoms with Gasteiger partial charge in [-0.2, -0.15) is 5.10 Å². The summed E-state index contributed by atoms with van der Waals surface area (Å²) in [6.07, 6.45) is 3.41. The molecule has 2 aromatic heterocycles. The van der Waals surface area contributed by atoms with Gasteiger partial charge in [-0.3, -0.25) is 14.8 Å². The van der Waals surface area contributed by atoms with Crippen LogP contribution in [0.1, 0.15) is 51.5 Å². The lowest BCUT2D eigenvalue weighted by atomic mass is 9.82. The highest BCUT2D eigenvalue weighted by Gasteiger charge is 2.42. The van der Waals surface area contributed by atoms with Crippen molar-refractivity contribution in [3.63, 3.8) is 0 Å². The molecule has 0 atom stereocenters. The van der Waals surface area contributed by atoms with E-state index in [0.717, 1.165) is 62.5 Å². The van der Waals surface area contributed by atoms with Gasteiger partial charge in [0.15, 0.2) is 0 Å². The van der Waals surface area contributed by atoms with Gasteiger partial charge in [0.2, 0.25) is 0 Å². The van der Waals surface area contributed by atoms with Crippen LogP contribution in [-0.2, 0) is 34.5 Å². The van der Waals surface area contributed by atoms with E-state index in [9.17, 15) is 9.90 Å². The molecule has 0 aliphatic carbocycles. The SMILES string of the molecule is CCc1n[nH]c(CN2CCC3(CC2)OCCc2sc(C(=O)O)cc23)n1.O=CO. The molecule has 28 heavy (non-hydrogen) atoms. The fourth-order valence-electron chi connectivity index (χ4n) is 3.78. The molecule has 2 aromatic rings. The number of aryl methyl sites for hydroxylation is 1. The van der Waals surface area contributed by atoms with E-state index in [0.29, 0.717) is 11.5 Å². The first kappa shape index (κ1) is 20.4. The molecule has 0 aromatic carbocycles. The van der Waals surface area contributed by atoms with Crippen LogP contribution in [0.25, 0.3) is 0 Å². The first-order valence-electron chi connectivity index (χ1n) is 9.22. The zero-order valence-corrected chi connectivity index (χ0v) is 16.5. The van der Waals surface area contributed by atoms with E-state index in [1.54, 1.807) is 0 Å². The highest BCUT2D eigenvalue weighted by molar-refractivity contribution is 7.14. The van der Waals surface area contributed by atoms with Crippen molar-refractivity contribution in [2.24, 2.45) is 0 Å². The molecule has 0 saturated carbocycles. The maximum absolute atomic E-state index is 11.3. The molecule has 0 amide bonds. The van der Waals surface area contributed by atoms with Gasteiger partial charge in [0, 0.05) is 30.8 Å². The van der Waals surface area contributed by atoms with Gasteiger partial charge in [0.1, 0.15) is 16.5 Å². The van der Waals surface area contributed by atoms with Gasteiger partial charge >= 0.3 is 5.97 Å². The number of aromatic amines is 1. The van der Waals surface area contributed by atoms with Crippen LogP contribution in [0, 0.1) is 0 Å². The average Bonchev–Trinajstić information content (AvgIpc) is 3.32. The Morgan fingerprint density at radius 3 is 2.79 bits per heavy atom. The minimum absolute atomic E-state index is 0.250.